The average Bonchev–Trinajstić information content (AvgIpc) is 3.07. The molecule has 0 spiro atoms. The molecule has 120 valence electrons. The Bertz CT molecular complexity index is 667. The van der Waals surface area contributed by atoms with Crippen LogP contribution in [0.2, 0.25) is 0 Å². The topological polar surface area (TPSA) is 84.3 Å². The molecule has 0 bridgehead atoms. The van der Waals surface area contributed by atoms with Crippen LogP contribution < -0.4 is 5.32 Å². The number of phenols is 1. The lowest BCUT2D eigenvalue weighted by molar-refractivity contribution is -0.122. The molecule has 0 aliphatic heterocycles. The molecule has 2 aromatic rings. The molecule has 1 aliphatic rings. The van der Waals surface area contributed by atoms with Crippen LogP contribution in [0.5, 0.6) is 5.75 Å². The molecule has 1 amide bonds. The van der Waals surface area contributed by atoms with Gasteiger partial charge in [-0.3, -0.25) is 4.79 Å². The summed E-state index contributed by atoms with van der Waals surface area (Å²) in [5.74, 6) is 0.444. The van der Waals surface area contributed by atoms with Crippen molar-refractivity contribution in [2.45, 2.75) is 31.8 Å². The number of hydrogen-bond donors (Lipinski definition) is 2. The third-order valence-electron chi connectivity index (χ3n) is 3.79. The first-order chi connectivity index (χ1) is 11.2. The van der Waals surface area contributed by atoms with Crippen molar-refractivity contribution in [1.29, 1.82) is 0 Å². The fourth-order valence-corrected chi connectivity index (χ4v) is 2.63. The summed E-state index contributed by atoms with van der Waals surface area (Å²) < 4.78 is 5.56. The molecule has 1 aromatic heterocycles. The number of aromatic nitrogens is 2. The molecule has 1 aliphatic carbocycles. The van der Waals surface area contributed by atoms with Gasteiger partial charge in [0.05, 0.1) is 24.2 Å². The fraction of sp³-hybridized carbons (Fsp3) is 0.353. The molecule has 0 unspecified atom stereocenters. The van der Waals surface area contributed by atoms with Gasteiger partial charge in [0.15, 0.2) is 5.82 Å². The highest BCUT2D eigenvalue weighted by atomic mass is 16.5. The van der Waals surface area contributed by atoms with E-state index in [0.717, 1.165) is 12.8 Å². The van der Waals surface area contributed by atoms with E-state index in [4.69, 9.17) is 4.74 Å². The second kappa shape index (κ2) is 7.19. The van der Waals surface area contributed by atoms with E-state index in [2.05, 4.69) is 15.3 Å². The smallest absolute Gasteiger partial charge is 0.250 e. The Morgan fingerprint density at radius 2 is 2.00 bits per heavy atom. The predicted molar refractivity (Wildman–Crippen MR) is 86.0 cm³/mol. The van der Waals surface area contributed by atoms with Gasteiger partial charge in [-0.15, -0.1) is 0 Å². The normalized spacial score (nSPS) is 14.8. The van der Waals surface area contributed by atoms with Crippen LogP contribution in [0.1, 0.15) is 25.7 Å². The highest BCUT2D eigenvalue weighted by Crippen LogP contribution is 2.21. The first-order valence-electron chi connectivity index (χ1n) is 7.73. The van der Waals surface area contributed by atoms with E-state index < -0.39 is 0 Å². The van der Waals surface area contributed by atoms with Gasteiger partial charge in [-0.1, -0.05) is 25.0 Å². The minimum atomic E-state index is -0.203. The minimum absolute atomic E-state index is 0.0545. The fourth-order valence-electron chi connectivity index (χ4n) is 2.63. The number of benzene rings is 1. The maximum Gasteiger partial charge on any atom is 0.250 e. The molecule has 2 N–H and O–H groups in total. The Labute approximate surface area is 134 Å². The summed E-state index contributed by atoms with van der Waals surface area (Å²) in [7, 11) is 0. The minimum Gasteiger partial charge on any atom is -0.508 e. The number of carbonyl (C=O) groups excluding carboxylic acids is 1. The predicted octanol–water partition coefficient (Wildman–Crippen LogP) is 2.75. The van der Waals surface area contributed by atoms with Crippen LogP contribution >= 0.6 is 0 Å². The van der Waals surface area contributed by atoms with Gasteiger partial charge in [0.25, 0.3) is 0 Å². The highest BCUT2D eigenvalue weighted by Gasteiger charge is 2.16. The van der Waals surface area contributed by atoms with Gasteiger partial charge in [-0.05, 0) is 25.0 Å². The molecule has 0 atom stereocenters. The molecule has 3 rings (SSSR count). The molecule has 6 nitrogen and oxygen atoms in total. The van der Waals surface area contributed by atoms with E-state index in [-0.39, 0.29) is 24.4 Å². The Hall–Kier alpha value is -2.47. The van der Waals surface area contributed by atoms with Crippen LogP contribution in [0.3, 0.4) is 0 Å². The monoisotopic (exact) mass is 313 g/mol. The quantitative estimate of drug-likeness (QED) is 0.886. The van der Waals surface area contributed by atoms with Crippen LogP contribution in [-0.4, -0.2) is 33.7 Å². The van der Waals surface area contributed by atoms with Crippen molar-refractivity contribution in [1.82, 2.24) is 9.97 Å². The van der Waals surface area contributed by atoms with Gasteiger partial charge in [0.1, 0.15) is 12.4 Å². The number of amides is 1. The lowest BCUT2D eigenvalue weighted by Crippen LogP contribution is -2.22. The Morgan fingerprint density at radius 1 is 1.26 bits per heavy atom. The lowest BCUT2D eigenvalue weighted by Gasteiger charge is -2.11. The van der Waals surface area contributed by atoms with E-state index in [1.165, 1.54) is 12.8 Å². The molecule has 23 heavy (non-hydrogen) atoms. The van der Waals surface area contributed by atoms with Gasteiger partial charge in [-0.2, -0.15) is 0 Å². The largest absolute Gasteiger partial charge is 0.508 e. The second-order valence-electron chi connectivity index (χ2n) is 5.61. The van der Waals surface area contributed by atoms with Crippen LogP contribution in [0.4, 0.5) is 5.69 Å². The molecule has 1 aromatic carbocycles. The first-order valence-corrected chi connectivity index (χ1v) is 7.73. The maximum atomic E-state index is 11.8. The van der Waals surface area contributed by atoms with Crippen molar-refractivity contribution in [3.8, 4) is 17.1 Å². The molecule has 0 radical (unpaired) electrons. The highest BCUT2D eigenvalue weighted by molar-refractivity contribution is 5.91. The van der Waals surface area contributed by atoms with E-state index in [0.29, 0.717) is 17.1 Å². The van der Waals surface area contributed by atoms with Crippen LogP contribution in [0, 0.1) is 0 Å². The Balaban J connectivity index is 1.55. The number of nitrogens with one attached hydrogen (secondary N) is 1. The van der Waals surface area contributed by atoms with E-state index in [9.17, 15) is 9.90 Å². The molecule has 1 saturated carbocycles. The van der Waals surface area contributed by atoms with Crippen LogP contribution in [0.25, 0.3) is 11.4 Å². The summed E-state index contributed by atoms with van der Waals surface area (Å²) in [6, 6.07) is 6.71. The third-order valence-corrected chi connectivity index (χ3v) is 3.79. The SMILES string of the molecule is O=C(COC1CCCC1)Nc1cnc(-c2cccc(O)c2)nc1. The molecule has 1 fully saturated rings. The zero-order valence-corrected chi connectivity index (χ0v) is 12.7. The Morgan fingerprint density at radius 3 is 2.70 bits per heavy atom. The number of phenolic OH excluding ortho intramolecular Hbond substituents is 1. The summed E-state index contributed by atoms with van der Waals surface area (Å²) >= 11 is 0. The third kappa shape index (κ3) is 4.26. The van der Waals surface area contributed by atoms with E-state index in [1.54, 1.807) is 30.6 Å². The number of ether oxygens (including phenoxy) is 1. The standard InChI is InChI=1S/C17H19N3O3/c21-14-5-3-4-12(8-14)17-18-9-13(10-19-17)20-16(22)11-23-15-6-1-2-7-15/h3-5,8-10,15,21H,1-2,6-7,11H2,(H,20,22). The van der Waals surface area contributed by atoms with Crippen molar-refractivity contribution >= 4 is 11.6 Å². The zero-order valence-electron chi connectivity index (χ0n) is 12.7. The van der Waals surface area contributed by atoms with Crippen molar-refractivity contribution in [3.05, 3.63) is 36.7 Å². The lowest BCUT2D eigenvalue weighted by atomic mass is 10.2. The number of hydrogen-bond acceptors (Lipinski definition) is 5. The van der Waals surface area contributed by atoms with Gasteiger partial charge in [-0.25, -0.2) is 9.97 Å². The number of aromatic hydroxyl groups is 1. The van der Waals surface area contributed by atoms with Crippen molar-refractivity contribution in [2.24, 2.45) is 0 Å². The summed E-state index contributed by atoms with van der Waals surface area (Å²) in [5.41, 5.74) is 1.24. The van der Waals surface area contributed by atoms with Crippen molar-refractivity contribution in [3.63, 3.8) is 0 Å². The van der Waals surface area contributed by atoms with Crippen molar-refractivity contribution in [2.75, 3.05) is 11.9 Å². The van der Waals surface area contributed by atoms with E-state index >= 15 is 0 Å². The maximum absolute atomic E-state index is 11.8. The van der Waals surface area contributed by atoms with Gasteiger partial charge in [0.2, 0.25) is 5.91 Å². The zero-order chi connectivity index (χ0) is 16.1. The number of carbonyl (C=O) groups is 1. The summed E-state index contributed by atoms with van der Waals surface area (Å²) in [6.45, 7) is 0.0545. The summed E-state index contributed by atoms with van der Waals surface area (Å²) in [5, 5.41) is 12.2. The Kier molecular flexibility index (Phi) is 4.83. The van der Waals surface area contributed by atoms with Crippen LogP contribution in [0.15, 0.2) is 36.7 Å². The average molecular weight is 313 g/mol. The second-order valence-corrected chi connectivity index (χ2v) is 5.61. The van der Waals surface area contributed by atoms with Crippen molar-refractivity contribution < 1.29 is 14.6 Å². The summed E-state index contributed by atoms with van der Waals surface area (Å²) in [6.07, 6.45) is 7.72. The molecule has 1 heterocycles. The molecule has 0 saturated heterocycles. The first kappa shape index (κ1) is 15.4. The van der Waals surface area contributed by atoms with Crippen LogP contribution in [-0.2, 0) is 9.53 Å². The molecular formula is C17H19N3O3. The van der Waals surface area contributed by atoms with E-state index in [1.807, 2.05) is 6.07 Å². The number of rotatable bonds is 5. The number of anilines is 1. The number of nitrogens with zero attached hydrogens (tertiary/aromatic N) is 2. The van der Waals surface area contributed by atoms with Gasteiger partial charge < -0.3 is 15.2 Å². The van der Waals surface area contributed by atoms with Gasteiger partial charge >= 0.3 is 0 Å². The molecular weight excluding hydrogens is 294 g/mol. The molecule has 6 heteroatoms. The van der Waals surface area contributed by atoms with Gasteiger partial charge in [0, 0.05) is 5.56 Å². The summed E-state index contributed by atoms with van der Waals surface area (Å²) in [4.78, 5) is 20.2.